The Balaban J connectivity index is 1.13. The second kappa shape index (κ2) is 12.0. The molecule has 0 saturated carbocycles. The highest BCUT2D eigenvalue weighted by Gasteiger charge is 2.26. The summed E-state index contributed by atoms with van der Waals surface area (Å²) in [5.41, 5.74) is 1.69. The quantitative estimate of drug-likeness (QED) is 0.301. The Hall–Kier alpha value is -5.16. The fourth-order valence-electron chi connectivity index (χ4n) is 5.33. The van der Waals surface area contributed by atoms with Gasteiger partial charge in [-0.1, -0.05) is 48.5 Å². The summed E-state index contributed by atoms with van der Waals surface area (Å²) >= 11 is 0. The van der Waals surface area contributed by atoms with E-state index < -0.39 is 5.69 Å². The molecule has 1 amide bonds. The van der Waals surface area contributed by atoms with Crippen LogP contribution in [0.1, 0.15) is 5.56 Å². The zero-order valence-electron chi connectivity index (χ0n) is 24.1. The van der Waals surface area contributed by atoms with Crippen LogP contribution in [0.2, 0.25) is 0 Å². The molecule has 0 spiro atoms. The zero-order valence-corrected chi connectivity index (χ0v) is 24.1. The van der Waals surface area contributed by atoms with Crippen molar-refractivity contribution in [3.8, 4) is 11.5 Å². The fourth-order valence-corrected chi connectivity index (χ4v) is 5.33. The molecular formula is C32H33N7O4. The first-order chi connectivity index (χ1) is 20.9. The normalized spacial score (nSPS) is 13.8. The molecule has 11 heteroatoms. The number of aryl methyl sites for hydroxylation is 1. The molecule has 3 aromatic carbocycles. The Labute approximate surface area is 248 Å². The number of para-hydroxylation sites is 1. The van der Waals surface area contributed by atoms with E-state index in [2.05, 4.69) is 15.1 Å². The second-order valence-electron chi connectivity index (χ2n) is 10.6. The molecule has 5 aromatic rings. The van der Waals surface area contributed by atoms with Crippen molar-refractivity contribution < 1.29 is 9.53 Å². The van der Waals surface area contributed by atoms with Gasteiger partial charge in [-0.2, -0.15) is 4.98 Å². The minimum absolute atomic E-state index is 0.0972. The SMILES string of the molecule is Cn1c(=O)c2c(nc(N3CCN(CC(=O)Nc4ccc(Oc5ccccc5)cc4)CC3)n2Cc2ccccc2)n(C)c1=O. The molecule has 1 aliphatic heterocycles. The molecule has 1 aliphatic rings. The smallest absolute Gasteiger partial charge is 0.332 e. The molecule has 43 heavy (non-hydrogen) atoms. The van der Waals surface area contributed by atoms with Crippen molar-refractivity contribution in [3.05, 3.63) is 111 Å². The summed E-state index contributed by atoms with van der Waals surface area (Å²) in [6.07, 6.45) is 0. The Morgan fingerprint density at radius 1 is 0.814 bits per heavy atom. The highest BCUT2D eigenvalue weighted by atomic mass is 16.5. The molecule has 0 bridgehead atoms. The molecule has 0 aliphatic carbocycles. The van der Waals surface area contributed by atoms with Crippen LogP contribution >= 0.6 is 0 Å². The number of amides is 1. The molecule has 2 aromatic heterocycles. The highest BCUT2D eigenvalue weighted by molar-refractivity contribution is 5.92. The number of benzene rings is 3. The number of nitrogens with zero attached hydrogens (tertiary/aromatic N) is 6. The third-order valence-corrected chi connectivity index (χ3v) is 7.65. The van der Waals surface area contributed by atoms with E-state index in [-0.39, 0.29) is 18.0 Å². The summed E-state index contributed by atoms with van der Waals surface area (Å²) in [6.45, 7) is 3.21. The summed E-state index contributed by atoms with van der Waals surface area (Å²) in [5, 5.41) is 2.96. The molecule has 6 rings (SSSR count). The van der Waals surface area contributed by atoms with Gasteiger partial charge in [-0.25, -0.2) is 4.79 Å². The molecule has 1 fully saturated rings. The second-order valence-corrected chi connectivity index (χ2v) is 10.6. The third kappa shape index (κ3) is 5.93. The van der Waals surface area contributed by atoms with Gasteiger partial charge in [0, 0.05) is 46.0 Å². The van der Waals surface area contributed by atoms with Gasteiger partial charge in [0.05, 0.1) is 13.1 Å². The molecule has 1 saturated heterocycles. The van der Waals surface area contributed by atoms with E-state index in [0.29, 0.717) is 61.3 Å². The molecule has 0 radical (unpaired) electrons. The van der Waals surface area contributed by atoms with Crippen LogP contribution in [0.25, 0.3) is 11.2 Å². The molecule has 3 heterocycles. The van der Waals surface area contributed by atoms with Crippen molar-refractivity contribution in [2.45, 2.75) is 6.54 Å². The summed E-state index contributed by atoms with van der Waals surface area (Å²) < 4.78 is 10.3. The number of piperazine rings is 1. The van der Waals surface area contributed by atoms with Crippen molar-refractivity contribution >= 4 is 28.7 Å². The number of aromatic nitrogens is 4. The average Bonchev–Trinajstić information content (AvgIpc) is 3.40. The van der Waals surface area contributed by atoms with Gasteiger partial charge in [0.25, 0.3) is 5.56 Å². The van der Waals surface area contributed by atoms with Crippen molar-refractivity contribution in [2.24, 2.45) is 14.1 Å². The topological polar surface area (TPSA) is 107 Å². The minimum atomic E-state index is -0.414. The maximum absolute atomic E-state index is 13.2. The fraction of sp³-hybridized carbons (Fsp3) is 0.250. The van der Waals surface area contributed by atoms with E-state index >= 15 is 0 Å². The predicted molar refractivity (Wildman–Crippen MR) is 166 cm³/mol. The average molecular weight is 580 g/mol. The first-order valence-corrected chi connectivity index (χ1v) is 14.2. The largest absolute Gasteiger partial charge is 0.457 e. The zero-order chi connectivity index (χ0) is 29.9. The van der Waals surface area contributed by atoms with Crippen LogP contribution in [0.4, 0.5) is 11.6 Å². The number of fused-ring (bicyclic) bond motifs is 1. The third-order valence-electron chi connectivity index (χ3n) is 7.65. The number of anilines is 2. The van der Waals surface area contributed by atoms with E-state index in [1.807, 2.05) is 89.5 Å². The lowest BCUT2D eigenvalue weighted by Gasteiger charge is -2.35. The maximum Gasteiger partial charge on any atom is 0.332 e. The molecule has 0 atom stereocenters. The van der Waals surface area contributed by atoms with Gasteiger partial charge in [-0.15, -0.1) is 0 Å². The maximum atomic E-state index is 13.2. The Bertz CT molecular complexity index is 1850. The summed E-state index contributed by atoms with van der Waals surface area (Å²) in [7, 11) is 3.12. The number of hydrogen-bond acceptors (Lipinski definition) is 7. The first-order valence-electron chi connectivity index (χ1n) is 14.2. The van der Waals surface area contributed by atoms with E-state index in [4.69, 9.17) is 9.72 Å². The van der Waals surface area contributed by atoms with Crippen LogP contribution in [0, 0.1) is 0 Å². The lowest BCUT2D eigenvalue weighted by atomic mass is 10.2. The Morgan fingerprint density at radius 2 is 1.44 bits per heavy atom. The van der Waals surface area contributed by atoms with Gasteiger partial charge in [0.2, 0.25) is 11.9 Å². The highest BCUT2D eigenvalue weighted by Crippen LogP contribution is 2.24. The Kier molecular flexibility index (Phi) is 7.80. The monoisotopic (exact) mass is 579 g/mol. The first kappa shape index (κ1) is 28.0. The minimum Gasteiger partial charge on any atom is -0.457 e. The van der Waals surface area contributed by atoms with E-state index in [1.165, 1.54) is 11.6 Å². The summed E-state index contributed by atoms with van der Waals surface area (Å²) in [4.78, 5) is 47.7. The van der Waals surface area contributed by atoms with Crippen LogP contribution in [-0.2, 0) is 25.4 Å². The molecule has 1 N–H and O–H groups in total. The van der Waals surface area contributed by atoms with Crippen molar-refractivity contribution in [3.63, 3.8) is 0 Å². The number of imidazole rings is 1. The van der Waals surface area contributed by atoms with Gasteiger partial charge < -0.3 is 15.0 Å². The number of hydrogen-bond donors (Lipinski definition) is 1. The van der Waals surface area contributed by atoms with Crippen LogP contribution in [-0.4, -0.2) is 62.2 Å². The van der Waals surface area contributed by atoms with Crippen LogP contribution in [0.5, 0.6) is 11.5 Å². The van der Waals surface area contributed by atoms with Gasteiger partial charge in [-0.05, 0) is 42.0 Å². The number of rotatable bonds is 8. The predicted octanol–water partition coefficient (Wildman–Crippen LogP) is 3.04. The number of nitrogens with one attached hydrogen (secondary N) is 1. The van der Waals surface area contributed by atoms with E-state index in [1.54, 1.807) is 7.05 Å². The van der Waals surface area contributed by atoms with Crippen molar-refractivity contribution in [1.82, 2.24) is 23.6 Å². The van der Waals surface area contributed by atoms with E-state index in [0.717, 1.165) is 15.9 Å². The van der Waals surface area contributed by atoms with Crippen molar-refractivity contribution in [2.75, 3.05) is 42.9 Å². The van der Waals surface area contributed by atoms with Crippen molar-refractivity contribution in [1.29, 1.82) is 0 Å². The Morgan fingerprint density at radius 3 is 2.12 bits per heavy atom. The lowest BCUT2D eigenvalue weighted by Crippen LogP contribution is -2.49. The number of ether oxygens (including phenoxy) is 1. The summed E-state index contributed by atoms with van der Waals surface area (Å²) in [5.74, 6) is 1.98. The van der Waals surface area contributed by atoms with Crippen LogP contribution in [0.3, 0.4) is 0 Å². The molecular weight excluding hydrogens is 546 g/mol. The lowest BCUT2D eigenvalue weighted by molar-refractivity contribution is -0.117. The van der Waals surface area contributed by atoms with Gasteiger partial charge >= 0.3 is 5.69 Å². The molecule has 220 valence electrons. The van der Waals surface area contributed by atoms with Crippen LogP contribution in [0.15, 0.2) is 94.5 Å². The molecule has 11 nitrogen and oxygen atoms in total. The molecule has 0 unspecified atom stereocenters. The summed E-state index contributed by atoms with van der Waals surface area (Å²) in [6, 6.07) is 26.7. The standard InChI is InChI=1S/C32H33N7O4/c1-35-29-28(30(41)36(2)32(35)42)39(21-23-9-5-3-6-10-23)31(34-29)38-19-17-37(18-20-38)22-27(40)33-24-13-15-26(16-14-24)43-25-11-7-4-8-12-25/h3-16H,17-22H2,1-2H3,(H,33,40). The van der Waals surface area contributed by atoms with Gasteiger partial charge in [0.1, 0.15) is 11.5 Å². The van der Waals surface area contributed by atoms with Crippen LogP contribution < -0.4 is 26.2 Å². The number of carbonyl (C=O) groups excluding carboxylic acids is 1. The van der Waals surface area contributed by atoms with Gasteiger partial charge in [-0.3, -0.25) is 28.2 Å². The van der Waals surface area contributed by atoms with Gasteiger partial charge in [0.15, 0.2) is 11.2 Å². The number of carbonyl (C=O) groups is 1. The van der Waals surface area contributed by atoms with E-state index in [9.17, 15) is 14.4 Å².